The van der Waals surface area contributed by atoms with E-state index in [0.717, 1.165) is 11.4 Å². The Bertz CT molecular complexity index is 582. The Labute approximate surface area is 117 Å². The number of nitrogens with one attached hydrogen (secondary N) is 1. The Kier molecular flexibility index (Phi) is 3.33. The summed E-state index contributed by atoms with van der Waals surface area (Å²) in [5.41, 5.74) is 2.69. The first-order chi connectivity index (χ1) is 8.78. The van der Waals surface area contributed by atoms with Gasteiger partial charge in [-0.1, -0.05) is 41.6 Å². The molecule has 0 spiro atoms. The highest BCUT2D eigenvalue weighted by Gasteiger charge is 2.21. The highest BCUT2D eigenvalue weighted by Crippen LogP contribution is 2.41. The van der Waals surface area contributed by atoms with E-state index in [1.54, 1.807) is 0 Å². The maximum atomic E-state index is 6.10. The van der Waals surface area contributed by atoms with E-state index < -0.39 is 0 Å². The molecule has 0 aromatic heterocycles. The lowest BCUT2D eigenvalue weighted by atomic mass is 9.99. The molecule has 2 aromatic carbocycles. The van der Waals surface area contributed by atoms with Crippen LogP contribution in [0.2, 0.25) is 5.02 Å². The van der Waals surface area contributed by atoms with Crippen LogP contribution in [0.5, 0.6) is 0 Å². The van der Waals surface area contributed by atoms with E-state index in [1.807, 2.05) is 24.9 Å². The van der Waals surface area contributed by atoms with Crippen LogP contribution < -0.4 is 5.32 Å². The van der Waals surface area contributed by atoms with Gasteiger partial charge < -0.3 is 5.32 Å². The van der Waals surface area contributed by atoms with Gasteiger partial charge in [0.25, 0.3) is 0 Å². The van der Waals surface area contributed by atoms with Gasteiger partial charge in [0.15, 0.2) is 0 Å². The van der Waals surface area contributed by atoms with Gasteiger partial charge in [0.1, 0.15) is 0 Å². The normalized spacial score (nSPS) is 17.8. The minimum absolute atomic E-state index is 0.355. The van der Waals surface area contributed by atoms with Crippen molar-refractivity contribution in [3.05, 3.63) is 58.6 Å². The zero-order chi connectivity index (χ0) is 12.5. The highest BCUT2D eigenvalue weighted by atomic mass is 35.5. The number of likely N-dealkylation sites (N-methyl/N-ethyl adjacent to an activating group) is 1. The SMILES string of the molecule is CNC1Cc2cc(Cl)ccc2Sc2ccccc21. The second-order valence-corrected chi connectivity index (χ2v) is 5.96. The van der Waals surface area contributed by atoms with Gasteiger partial charge in [-0.05, 0) is 48.9 Å². The second kappa shape index (κ2) is 4.96. The average molecular weight is 276 g/mol. The third-order valence-corrected chi connectivity index (χ3v) is 4.75. The molecule has 2 aromatic rings. The molecule has 1 heterocycles. The Morgan fingerprint density at radius 3 is 2.83 bits per heavy atom. The van der Waals surface area contributed by atoms with Crippen molar-refractivity contribution < 1.29 is 0 Å². The van der Waals surface area contributed by atoms with Crippen LogP contribution in [-0.2, 0) is 6.42 Å². The highest BCUT2D eigenvalue weighted by molar-refractivity contribution is 7.99. The van der Waals surface area contributed by atoms with Crippen LogP contribution in [0.3, 0.4) is 0 Å². The summed E-state index contributed by atoms with van der Waals surface area (Å²) in [6, 6.07) is 15.1. The molecule has 0 amide bonds. The van der Waals surface area contributed by atoms with Gasteiger partial charge in [-0.2, -0.15) is 0 Å². The number of fused-ring (bicyclic) bond motifs is 2. The van der Waals surface area contributed by atoms with E-state index >= 15 is 0 Å². The first-order valence-electron chi connectivity index (χ1n) is 6.00. The number of rotatable bonds is 1. The lowest BCUT2D eigenvalue weighted by Crippen LogP contribution is -2.18. The van der Waals surface area contributed by atoms with Crippen LogP contribution in [0.25, 0.3) is 0 Å². The molecule has 1 atom stereocenters. The predicted molar refractivity (Wildman–Crippen MR) is 77.5 cm³/mol. The second-order valence-electron chi connectivity index (χ2n) is 4.44. The smallest absolute Gasteiger partial charge is 0.0409 e. The molecule has 0 bridgehead atoms. The molecule has 3 heteroatoms. The molecule has 18 heavy (non-hydrogen) atoms. The van der Waals surface area contributed by atoms with Gasteiger partial charge in [-0.3, -0.25) is 0 Å². The molecule has 0 fully saturated rings. The first kappa shape index (κ1) is 12.1. The number of hydrogen-bond donors (Lipinski definition) is 1. The fraction of sp³-hybridized carbons (Fsp3) is 0.200. The maximum absolute atomic E-state index is 6.10. The summed E-state index contributed by atoms with van der Waals surface area (Å²) >= 11 is 7.93. The molecular formula is C15H14ClNS. The molecule has 0 radical (unpaired) electrons. The fourth-order valence-electron chi connectivity index (χ4n) is 2.37. The molecule has 92 valence electrons. The zero-order valence-corrected chi connectivity index (χ0v) is 11.7. The van der Waals surface area contributed by atoms with Crippen LogP contribution in [0.4, 0.5) is 0 Å². The largest absolute Gasteiger partial charge is 0.313 e. The third-order valence-electron chi connectivity index (χ3n) is 3.31. The van der Waals surface area contributed by atoms with Crippen molar-refractivity contribution in [2.45, 2.75) is 22.3 Å². The summed E-state index contributed by atoms with van der Waals surface area (Å²) in [6.45, 7) is 0. The van der Waals surface area contributed by atoms with E-state index in [0.29, 0.717) is 6.04 Å². The van der Waals surface area contributed by atoms with Crippen molar-refractivity contribution in [3.63, 3.8) is 0 Å². The quantitative estimate of drug-likeness (QED) is 0.832. The summed E-state index contributed by atoms with van der Waals surface area (Å²) in [5.74, 6) is 0. The molecule has 1 aliphatic rings. The summed E-state index contributed by atoms with van der Waals surface area (Å²) in [6.07, 6.45) is 0.983. The van der Waals surface area contributed by atoms with Crippen molar-refractivity contribution in [1.29, 1.82) is 0 Å². The monoisotopic (exact) mass is 275 g/mol. The summed E-state index contributed by atoms with van der Waals surface area (Å²) in [7, 11) is 2.02. The Morgan fingerprint density at radius 2 is 2.00 bits per heavy atom. The van der Waals surface area contributed by atoms with Crippen LogP contribution in [0.15, 0.2) is 52.3 Å². The number of benzene rings is 2. The minimum atomic E-state index is 0.355. The molecule has 1 aliphatic heterocycles. The van der Waals surface area contributed by atoms with Crippen molar-refractivity contribution in [2.24, 2.45) is 0 Å². The van der Waals surface area contributed by atoms with E-state index in [4.69, 9.17) is 11.6 Å². The van der Waals surface area contributed by atoms with E-state index in [1.165, 1.54) is 20.9 Å². The van der Waals surface area contributed by atoms with Crippen LogP contribution in [0.1, 0.15) is 17.2 Å². The molecule has 0 saturated carbocycles. The average Bonchev–Trinajstić information content (AvgIpc) is 2.54. The lowest BCUT2D eigenvalue weighted by Gasteiger charge is -2.16. The van der Waals surface area contributed by atoms with Crippen molar-refractivity contribution in [3.8, 4) is 0 Å². The van der Waals surface area contributed by atoms with Crippen LogP contribution in [0, 0.1) is 0 Å². The van der Waals surface area contributed by atoms with E-state index in [9.17, 15) is 0 Å². The maximum Gasteiger partial charge on any atom is 0.0409 e. The van der Waals surface area contributed by atoms with Crippen molar-refractivity contribution in [2.75, 3.05) is 7.05 Å². The molecule has 1 N–H and O–H groups in total. The molecule has 0 aliphatic carbocycles. The topological polar surface area (TPSA) is 12.0 Å². The molecule has 3 rings (SSSR count). The summed E-state index contributed by atoms with van der Waals surface area (Å²) in [5, 5.41) is 4.22. The minimum Gasteiger partial charge on any atom is -0.313 e. The predicted octanol–water partition coefficient (Wildman–Crippen LogP) is 4.31. The van der Waals surface area contributed by atoms with Gasteiger partial charge in [-0.25, -0.2) is 0 Å². The molecular weight excluding hydrogens is 262 g/mol. The van der Waals surface area contributed by atoms with Crippen LogP contribution in [-0.4, -0.2) is 7.05 Å². The lowest BCUT2D eigenvalue weighted by molar-refractivity contribution is 0.582. The van der Waals surface area contributed by atoms with Gasteiger partial charge in [0.2, 0.25) is 0 Å². The Hall–Kier alpha value is -0.960. The van der Waals surface area contributed by atoms with Gasteiger partial charge in [-0.15, -0.1) is 0 Å². The summed E-state index contributed by atoms with van der Waals surface area (Å²) < 4.78 is 0. The summed E-state index contributed by atoms with van der Waals surface area (Å²) in [4.78, 5) is 2.64. The standard InChI is InChI=1S/C15H14ClNS/c1-17-13-9-10-8-11(16)6-7-14(10)18-15-5-3-2-4-12(13)15/h2-8,13,17H,9H2,1H3. The zero-order valence-electron chi connectivity index (χ0n) is 10.1. The van der Waals surface area contributed by atoms with Crippen molar-refractivity contribution in [1.82, 2.24) is 5.32 Å². The van der Waals surface area contributed by atoms with Crippen molar-refractivity contribution >= 4 is 23.4 Å². The van der Waals surface area contributed by atoms with E-state index in [-0.39, 0.29) is 0 Å². The van der Waals surface area contributed by atoms with Gasteiger partial charge in [0, 0.05) is 20.9 Å². The third kappa shape index (κ3) is 2.16. The molecule has 0 saturated heterocycles. The Morgan fingerprint density at radius 1 is 1.17 bits per heavy atom. The Balaban J connectivity index is 2.13. The fourth-order valence-corrected chi connectivity index (χ4v) is 3.69. The van der Waals surface area contributed by atoms with Crippen LogP contribution >= 0.6 is 23.4 Å². The number of halogens is 1. The molecule has 1 nitrogen and oxygen atoms in total. The van der Waals surface area contributed by atoms with E-state index in [2.05, 4.69) is 41.7 Å². The number of hydrogen-bond acceptors (Lipinski definition) is 2. The van der Waals surface area contributed by atoms with Gasteiger partial charge in [0.05, 0.1) is 0 Å². The molecule has 1 unspecified atom stereocenters. The van der Waals surface area contributed by atoms with Gasteiger partial charge >= 0.3 is 0 Å². The first-order valence-corrected chi connectivity index (χ1v) is 7.20.